The van der Waals surface area contributed by atoms with Crippen LogP contribution in [0.5, 0.6) is 0 Å². The molecule has 2 N–H and O–H groups in total. The average Bonchev–Trinajstić information content (AvgIpc) is 3.01. The summed E-state index contributed by atoms with van der Waals surface area (Å²) in [5.41, 5.74) is 0.372. The normalized spacial score (nSPS) is 16.7. The molecule has 1 atom stereocenters. The molecule has 7 nitrogen and oxygen atoms in total. The van der Waals surface area contributed by atoms with Crippen molar-refractivity contribution in [2.45, 2.75) is 55.8 Å². The molecule has 0 radical (unpaired) electrons. The maximum atomic E-state index is 13.3. The molecule has 0 saturated carbocycles. The van der Waals surface area contributed by atoms with Gasteiger partial charge in [-0.2, -0.15) is 0 Å². The van der Waals surface area contributed by atoms with Gasteiger partial charge in [0.25, 0.3) is 0 Å². The number of aromatic nitrogens is 2. The first-order chi connectivity index (χ1) is 12.7. The summed E-state index contributed by atoms with van der Waals surface area (Å²) in [6.45, 7) is 9.39. The smallest absolute Gasteiger partial charge is 0.250 e. The topological polar surface area (TPSA) is 87.2 Å². The molecule has 27 heavy (non-hydrogen) atoms. The fourth-order valence-corrected chi connectivity index (χ4v) is 4.87. The Kier molecular flexibility index (Phi) is 5.43. The average molecular weight is 406 g/mol. The summed E-state index contributed by atoms with van der Waals surface area (Å²) < 4.78 is 0.714. The predicted octanol–water partition coefficient (Wildman–Crippen LogP) is 3.60. The van der Waals surface area contributed by atoms with Gasteiger partial charge < -0.3 is 10.6 Å². The quantitative estimate of drug-likeness (QED) is 0.739. The van der Waals surface area contributed by atoms with E-state index in [0.717, 1.165) is 5.13 Å². The first kappa shape index (κ1) is 19.6. The Bertz CT molecular complexity index is 865. The number of carbonyl (C=O) groups excluding carboxylic acids is 2. The number of thioether (sulfide) groups is 1. The Balaban J connectivity index is 1.83. The molecule has 3 rings (SSSR count). The lowest BCUT2D eigenvalue weighted by atomic mass is 9.96. The Morgan fingerprint density at radius 3 is 2.67 bits per heavy atom. The standard InChI is InChI=1S/C18H23N5O2S2/c1-10(2)19-16-21-22-17(27-16)26-11(3)14(24)23-13-9-7-6-8-12(13)20-15(25)18(23,4)5/h6-11H,1-5H3,(H,19,21)(H,20,25). The van der Waals surface area contributed by atoms with E-state index in [1.807, 2.05) is 39.0 Å². The molecule has 2 heterocycles. The molecule has 0 spiro atoms. The first-order valence-corrected chi connectivity index (χ1v) is 10.4. The summed E-state index contributed by atoms with van der Waals surface area (Å²) in [5.74, 6) is -0.341. The third kappa shape index (κ3) is 3.93. The number of nitrogens with zero attached hydrogens (tertiary/aromatic N) is 3. The van der Waals surface area contributed by atoms with Gasteiger partial charge >= 0.3 is 0 Å². The summed E-state index contributed by atoms with van der Waals surface area (Å²) >= 11 is 2.77. The van der Waals surface area contributed by atoms with Crippen molar-refractivity contribution in [2.75, 3.05) is 15.5 Å². The fraction of sp³-hybridized carbons (Fsp3) is 0.444. The zero-order valence-electron chi connectivity index (χ0n) is 15.9. The van der Waals surface area contributed by atoms with E-state index in [2.05, 4.69) is 20.8 Å². The van der Waals surface area contributed by atoms with E-state index in [1.165, 1.54) is 23.1 Å². The second kappa shape index (κ2) is 7.47. The van der Waals surface area contributed by atoms with Crippen LogP contribution in [0.25, 0.3) is 0 Å². The molecule has 144 valence electrons. The van der Waals surface area contributed by atoms with Crippen molar-refractivity contribution in [3.8, 4) is 0 Å². The van der Waals surface area contributed by atoms with Crippen molar-refractivity contribution in [3.63, 3.8) is 0 Å². The third-order valence-corrected chi connectivity index (χ3v) is 6.20. The van der Waals surface area contributed by atoms with E-state index in [1.54, 1.807) is 24.8 Å². The van der Waals surface area contributed by atoms with Gasteiger partial charge in [0.1, 0.15) is 5.54 Å². The maximum absolute atomic E-state index is 13.3. The Morgan fingerprint density at radius 2 is 1.96 bits per heavy atom. The fourth-order valence-electron chi connectivity index (χ4n) is 2.79. The van der Waals surface area contributed by atoms with Gasteiger partial charge in [0, 0.05) is 6.04 Å². The first-order valence-electron chi connectivity index (χ1n) is 8.71. The largest absolute Gasteiger partial charge is 0.358 e. The molecule has 1 aliphatic heterocycles. The van der Waals surface area contributed by atoms with Crippen LogP contribution >= 0.6 is 23.1 Å². The van der Waals surface area contributed by atoms with Crippen LogP contribution in [0.4, 0.5) is 16.5 Å². The maximum Gasteiger partial charge on any atom is 0.250 e. The summed E-state index contributed by atoms with van der Waals surface area (Å²) in [6, 6.07) is 7.61. The number of nitrogens with one attached hydrogen (secondary N) is 2. The molecular formula is C18H23N5O2S2. The zero-order chi connectivity index (χ0) is 19.8. The van der Waals surface area contributed by atoms with E-state index in [4.69, 9.17) is 0 Å². The van der Waals surface area contributed by atoms with Crippen molar-refractivity contribution in [1.29, 1.82) is 0 Å². The number of carbonyl (C=O) groups is 2. The van der Waals surface area contributed by atoms with Crippen molar-refractivity contribution in [2.24, 2.45) is 0 Å². The van der Waals surface area contributed by atoms with Crippen molar-refractivity contribution < 1.29 is 9.59 Å². The highest BCUT2D eigenvalue weighted by atomic mass is 32.2. The van der Waals surface area contributed by atoms with Crippen LogP contribution < -0.4 is 15.5 Å². The van der Waals surface area contributed by atoms with Crippen LogP contribution in [0.1, 0.15) is 34.6 Å². The molecular weight excluding hydrogens is 382 g/mol. The number of hydrogen-bond acceptors (Lipinski definition) is 7. The van der Waals surface area contributed by atoms with Crippen LogP contribution in [-0.2, 0) is 9.59 Å². The zero-order valence-corrected chi connectivity index (χ0v) is 17.6. The predicted molar refractivity (Wildman–Crippen MR) is 111 cm³/mol. The number of fused-ring (bicyclic) bond motifs is 1. The van der Waals surface area contributed by atoms with Gasteiger partial charge in [0.05, 0.1) is 16.6 Å². The summed E-state index contributed by atoms with van der Waals surface area (Å²) in [5, 5.41) is 14.7. The molecule has 2 aromatic rings. The highest BCUT2D eigenvalue weighted by molar-refractivity contribution is 8.02. The van der Waals surface area contributed by atoms with Crippen LogP contribution in [0.2, 0.25) is 0 Å². The van der Waals surface area contributed by atoms with Gasteiger partial charge in [0.2, 0.25) is 16.9 Å². The van der Waals surface area contributed by atoms with E-state index in [-0.39, 0.29) is 17.9 Å². The number of para-hydroxylation sites is 2. The molecule has 9 heteroatoms. The minimum Gasteiger partial charge on any atom is -0.358 e. The van der Waals surface area contributed by atoms with Gasteiger partial charge in [-0.25, -0.2) is 0 Å². The van der Waals surface area contributed by atoms with Crippen LogP contribution in [0, 0.1) is 0 Å². The lowest BCUT2D eigenvalue weighted by Crippen LogP contribution is -2.60. The van der Waals surface area contributed by atoms with Gasteiger partial charge in [-0.15, -0.1) is 10.2 Å². The molecule has 1 aromatic heterocycles. The van der Waals surface area contributed by atoms with Crippen molar-refractivity contribution in [1.82, 2.24) is 10.2 Å². The Hall–Kier alpha value is -2.13. The number of benzene rings is 1. The van der Waals surface area contributed by atoms with Crippen LogP contribution in [0.3, 0.4) is 0 Å². The van der Waals surface area contributed by atoms with Crippen molar-refractivity contribution in [3.05, 3.63) is 24.3 Å². The number of rotatable bonds is 5. The second-order valence-corrected chi connectivity index (χ2v) is 9.70. The van der Waals surface area contributed by atoms with Crippen molar-refractivity contribution >= 4 is 51.4 Å². The van der Waals surface area contributed by atoms with Gasteiger partial charge in [-0.05, 0) is 46.8 Å². The molecule has 0 aliphatic carbocycles. The third-order valence-electron chi connectivity index (χ3n) is 4.17. The highest BCUT2D eigenvalue weighted by Crippen LogP contribution is 2.39. The van der Waals surface area contributed by atoms with Crippen LogP contribution in [0.15, 0.2) is 28.6 Å². The summed E-state index contributed by atoms with van der Waals surface area (Å²) in [7, 11) is 0. The summed E-state index contributed by atoms with van der Waals surface area (Å²) in [6.07, 6.45) is 0. The molecule has 1 aliphatic rings. The molecule has 2 amide bonds. The van der Waals surface area contributed by atoms with E-state index in [9.17, 15) is 9.59 Å². The molecule has 0 bridgehead atoms. The molecule has 1 unspecified atom stereocenters. The number of anilines is 3. The van der Waals surface area contributed by atoms with Gasteiger partial charge in [-0.3, -0.25) is 14.5 Å². The van der Waals surface area contributed by atoms with Gasteiger partial charge in [0.15, 0.2) is 4.34 Å². The lowest BCUT2D eigenvalue weighted by Gasteiger charge is -2.42. The minimum atomic E-state index is -0.980. The molecule has 1 aromatic carbocycles. The van der Waals surface area contributed by atoms with E-state index >= 15 is 0 Å². The minimum absolute atomic E-state index is 0.138. The monoisotopic (exact) mass is 405 g/mol. The highest BCUT2D eigenvalue weighted by Gasteiger charge is 2.44. The Labute approximate surface area is 166 Å². The van der Waals surface area contributed by atoms with E-state index in [0.29, 0.717) is 15.7 Å². The van der Waals surface area contributed by atoms with Crippen LogP contribution in [-0.4, -0.2) is 38.8 Å². The van der Waals surface area contributed by atoms with E-state index < -0.39 is 10.8 Å². The van der Waals surface area contributed by atoms with Gasteiger partial charge in [-0.1, -0.05) is 35.2 Å². The Morgan fingerprint density at radius 1 is 1.26 bits per heavy atom. The summed E-state index contributed by atoms with van der Waals surface area (Å²) in [4.78, 5) is 27.4. The number of hydrogen-bond donors (Lipinski definition) is 2. The molecule has 0 fully saturated rings. The SMILES string of the molecule is CC(C)Nc1nnc(SC(C)C(=O)N2c3ccccc3NC(=O)C2(C)C)s1. The second-order valence-electron chi connectivity index (χ2n) is 7.14. The lowest BCUT2D eigenvalue weighted by molar-refractivity contribution is -0.126. The molecule has 0 saturated heterocycles. The number of amides is 2.